The van der Waals surface area contributed by atoms with E-state index in [1.54, 1.807) is 24.3 Å². The van der Waals surface area contributed by atoms with Gasteiger partial charge in [-0.05, 0) is 23.1 Å². The predicted octanol–water partition coefficient (Wildman–Crippen LogP) is 3.80. The van der Waals surface area contributed by atoms with Crippen LogP contribution in [-0.4, -0.2) is 18.6 Å². The van der Waals surface area contributed by atoms with Gasteiger partial charge in [-0.25, -0.2) is 13.6 Å². The van der Waals surface area contributed by atoms with Gasteiger partial charge in [-0.2, -0.15) is 0 Å². The second-order valence-electron chi connectivity index (χ2n) is 4.43. The largest absolute Gasteiger partial charge is 0.443 e. The number of carbonyl (C=O) groups is 1. The van der Waals surface area contributed by atoms with Crippen molar-refractivity contribution in [2.45, 2.75) is 12.8 Å². The van der Waals surface area contributed by atoms with Crippen molar-refractivity contribution < 1.29 is 18.3 Å². The molecule has 7 heteroatoms. The molecule has 110 valence electrons. The smallest absolute Gasteiger partial charge is 0.411 e. The van der Waals surface area contributed by atoms with Gasteiger partial charge in [0.25, 0.3) is 5.92 Å². The van der Waals surface area contributed by atoms with Crippen LogP contribution in [0.15, 0.2) is 24.3 Å². The van der Waals surface area contributed by atoms with Gasteiger partial charge in [-0.15, -0.1) is 0 Å². The lowest BCUT2D eigenvalue weighted by Crippen LogP contribution is -2.24. The Morgan fingerprint density at radius 3 is 2.90 bits per heavy atom. The van der Waals surface area contributed by atoms with E-state index in [4.69, 9.17) is 5.73 Å². The highest BCUT2D eigenvalue weighted by atomic mass is 32.1. The molecule has 0 atom stereocenters. The Morgan fingerprint density at radius 2 is 2.29 bits per heavy atom. The maximum Gasteiger partial charge on any atom is 0.411 e. The molecular formula is C14H12F2N2O2S. The van der Waals surface area contributed by atoms with E-state index in [1.807, 2.05) is 0 Å². The Labute approximate surface area is 124 Å². The number of amides is 1. The summed E-state index contributed by atoms with van der Waals surface area (Å²) in [6.45, 7) is -0.327. The molecule has 3 N–H and O–H groups in total. The first-order chi connectivity index (χ1) is 9.85. The number of benzene rings is 1. The van der Waals surface area contributed by atoms with E-state index >= 15 is 0 Å². The third-order valence-electron chi connectivity index (χ3n) is 2.45. The van der Waals surface area contributed by atoms with Crippen molar-refractivity contribution in [1.29, 1.82) is 0 Å². The highest BCUT2D eigenvalue weighted by Gasteiger charge is 2.23. The number of anilines is 2. The summed E-state index contributed by atoms with van der Waals surface area (Å²) in [5, 5.41) is 5.18. The average Bonchev–Trinajstić information content (AvgIpc) is 2.92. The highest BCUT2D eigenvalue weighted by Crippen LogP contribution is 2.29. The summed E-state index contributed by atoms with van der Waals surface area (Å²) in [4.78, 5) is 12.4. The molecule has 1 aromatic carbocycles. The summed E-state index contributed by atoms with van der Waals surface area (Å²) in [5.41, 5.74) is 7.16. The molecule has 21 heavy (non-hydrogen) atoms. The fraction of sp³-hybridized carbons (Fsp3) is 0.214. The Hall–Kier alpha value is -2.33. The molecule has 0 radical (unpaired) electrons. The van der Waals surface area contributed by atoms with Crippen LogP contribution in [0.25, 0.3) is 10.4 Å². The Bertz CT molecular complexity index is 624. The molecule has 0 saturated carbocycles. The summed E-state index contributed by atoms with van der Waals surface area (Å²) in [6, 6.07) is 9.57. The van der Waals surface area contributed by atoms with Crippen LogP contribution in [-0.2, 0) is 4.74 Å². The molecule has 0 bridgehead atoms. The van der Waals surface area contributed by atoms with Crippen LogP contribution in [0.2, 0.25) is 0 Å². The van der Waals surface area contributed by atoms with Gasteiger partial charge in [0.05, 0.1) is 16.3 Å². The molecule has 2 rings (SSSR count). The summed E-state index contributed by atoms with van der Waals surface area (Å²) < 4.78 is 29.7. The Balaban J connectivity index is 2.09. The molecule has 0 spiro atoms. The molecule has 0 aliphatic carbocycles. The van der Waals surface area contributed by atoms with Crippen molar-refractivity contribution in [2.75, 3.05) is 17.7 Å². The van der Waals surface area contributed by atoms with Crippen LogP contribution in [0.4, 0.5) is 25.0 Å². The minimum absolute atomic E-state index is 0.297. The Kier molecular flexibility index (Phi) is 4.29. The average molecular weight is 310 g/mol. The van der Waals surface area contributed by atoms with Gasteiger partial charge in [0.15, 0.2) is 6.61 Å². The van der Waals surface area contributed by atoms with Crippen molar-refractivity contribution in [3.05, 3.63) is 35.7 Å². The summed E-state index contributed by atoms with van der Waals surface area (Å²) in [5.74, 6) is -3.08. The molecule has 1 amide bonds. The molecule has 1 heterocycles. The van der Waals surface area contributed by atoms with Crippen molar-refractivity contribution in [3.63, 3.8) is 0 Å². The number of rotatable bonds is 4. The van der Waals surface area contributed by atoms with Crippen molar-refractivity contribution in [1.82, 2.24) is 0 Å². The zero-order valence-electron chi connectivity index (χ0n) is 11.1. The van der Waals surface area contributed by atoms with Crippen LogP contribution in [0.5, 0.6) is 0 Å². The standard InChI is InChI=1S/C14H12F2N2O2S/c1-14(15,16)8-20-13(19)18-11-7-9(4-5-10(11)17)12-3-2-6-21-12/h3-5,7H,8,17H2,1H3,(H,18,19). The number of ether oxygens (including phenoxy) is 1. The fourth-order valence-corrected chi connectivity index (χ4v) is 2.10. The van der Waals surface area contributed by atoms with E-state index in [0.717, 1.165) is 10.4 Å². The lowest BCUT2D eigenvalue weighted by Gasteiger charge is -2.13. The maximum atomic E-state index is 12.6. The normalized spacial score (nSPS) is 10.8. The second-order valence-corrected chi connectivity index (χ2v) is 5.28. The van der Waals surface area contributed by atoms with E-state index in [2.05, 4.69) is 21.5 Å². The van der Waals surface area contributed by atoms with Gasteiger partial charge in [-0.1, -0.05) is 23.5 Å². The summed E-state index contributed by atoms with van der Waals surface area (Å²) in [6.07, 6.45) is -0.982. The van der Waals surface area contributed by atoms with E-state index in [1.165, 1.54) is 11.3 Å². The monoisotopic (exact) mass is 310 g/mol. The number of hydrogen-bond donors (Lipinski definition) is 2. The number of nitrogens with one attached hydrogen (secondary N) is 1. The summed E-state index contributed by atoms with van der Waals surface area (Å²) in [7, 11) is 0. The maximum absolute atomic E-state index is 12.6. The van der Waals surface area contributed by atoms with E-state index < -0.39 is 18.6 Å². The number of carbonyl (C=O) groups excluding carboxylic acids is 1. The van der Waals surface area contributed by atoms with Gasteiger partial charge in [0, 0.05) is 13.0 Å². The van der Waals surface area contributed by atoms with Crippen LogP contribution in [0.1, 0.15) is 6.92 Å². The Morgan fingerprint density at radius 1 is 1.52 bits per heavy atom. The highest BCUT2D eigenvalue weighted by molar-refractivity contribution is 7.12. The number of nitrogen functional groups attached to an aromatic ring is 1. The van der Waals surface area contributed by atoms with Gasteiger partial charge >= 0.3 is 6.09 Å². The van der Waals surface area contributed by atoms with Crippen molar-refractivity contribution >= 4 is 28.8 Å². The first kappa shape index (κ1) is 15.1. The second kappa shape index (κ2) is 5.97. The predicted molar refractivity (Wildman–Crippen MR) is 77.4 cm³/mol. The number of halogens is 2. The molecule has 4 nitrogen and oxygen atoms in total. The molecular weight excluding hydrogens is 298 g/mol. The molecule has 0 fully saturated rings. The van der Waals surface area contributed by atoms with Gasteiger partial charge < -0.3 is 10.5 Å². The fourth-order valence-electron chi connectivity index (χ4n) is 1.51. The van der Waals surface area contributed by atoms with Gasteiger partial charge in [0.2, 0.25) is 0 Å². The SMILES string of the molecule is CC(F)(F)COC(=O)Nc1cc(-c2cc#cs2)ccc1N. The zero-order chi connectivity index (χ0) is 15.5. The quantitative estimate of drug-likeness (QED) is 0.844. The molecule has 1 aromatic heterocycles. The lowest BCUT2D eigenvalue weighted by molar-refractivity contribution is -0.0358. The molecule has 0 aliphatic rings. The van der Waals surface area contributed by atoms with Crippen molar-refractivity contribution in [3.8, 4) is 10.4 Å². The van der Waals surface area contributed by atoms with Crippen LogP contribution < -0.4 is 11.1 Å². The van der Waals surface area contributed by atoms with E-state index in [0.29, 0.717) is 18.3 Å². The van der Waals surface area contributed by atoms with Gasteiger partial charge in [-0.3, -0.25) is 5.32 Å². The molecule has 0 unspecified atom stereocenters. The van der Waals surface area contributed by atoms with Gasteiger partial charge in [0.1, 0.15) is 0 Å². The number of nitrogens with two attached hydrogens (primary N) is 1. The van der Waals surface area contributed by atoms with Crippen LogP contribution >= 0.6 is 11.3 Å². The van der Waals surface area contributed by atoms with Crippen molar-refractivity contribution in [2.24, 2.45) is 0 Å². The zero-order valence-corrected chi connectivity index (χ0v) is 11.9. The first-order valence-corrected chi connectivity index (χ1v) is 6.76. The first-order valence-electron chi connectivity index (χ1n) is 5.94. The topological polar surface area (TPSA) is 64.3 Å². The van der Waals surface area contributed by atoms with Crippen LogP contribution in [0, 0.1) is 11.4 Å². The molecule has 0 saturated heterocycles. The van der Waals surface area contributed by atoms with Crippen LogP contribution in [0.3, 0.4) is 0 Å². The van der Waals surface area contributed by atoms with E-state index in [-0.39, 0.29) is 0 Å². The minimum atomic E-state index is -3.08. The molecule has 2 aromatic rings. The van der Waals surface area contributed by atoms with E-state index in [9.17, 15) is 13.6 Å². The lowest BCUT2D eigenvalue weighted by atomic mass is 10.1. The summed E-state index contributed by atoms with van der Waals surface area (Å²) >= 11 is 1.36. The minimum Gasteiger partial charge on any atom is -0.443 e. The number of hydrogen-bond acceptors (Lipinski definition) is 4. The molecule has 0 aliphatic heterocycles. The third-order valence-corrected chi connectivity index (χ3v) is 3.25. The number of alkyl halides is 2. The third kappa shape index (κ3) is 4.33.